The molecule has 0 fully saturated rings. The second-order valence-corrected chi connectivity index (χ2v) is 8.97. The van der Waals surface area contributed by atoms with E-state index in [0.29, 0.717) is 5.69 Å². The van der Waals surface area contributed by atoms with Gasteiger partial charge in [-0.25, -0.2) is 0 Å². The Morgan fingerprint density at radius 2 is 1.85 bits per heavy atom. The van der Waals surface area contributed by atoms with Crippen LogP contribution in [-0.2, 0) is 10.0 Å². The van der Waals surface area contributed by atoms with Crippen LogP contribution in [0.2, 0.25) is 5.02 Å². The molecule has 0 unspecified atom stereocenters. The van der Waals surface area contributed by atoms with Crippen molar-refractivity contribution in [2.45, 2.75) is 18.2 Å². The average Bonchev–Trinajstić information content (AvgIpc) is 3.08. The van der Waals surface area contributed by atoms with Crippen molar-refractivity contribution in [3.8, 4) is 0 Å². The van der Waals surface area contributed by atoms with E-state index in [1.54, 1.807) is 37.3 Å². The van der Waals surface area contributed by atoms with Crippen molar-refractivity contribution in [2.75, 3.05) is 10.0 Å². The van der Waals surface area contributed by atoms with Gasteiger partial charge < -0.3 is 0 Å². The second kappa shape index (κ2) is 7.63. The number of nitrogens with one attached hydrogen (secondary N) is 2. The first-order valence-corrected chi connectivity index (χ1v) is 10.4. The zero-order valence-corrected chi connectivity index (χ0v) is 16.7. The molecular formula is C17H15ClN4O3S2. The minimum Gasteiger partial charge on any atom is -0.296 e. The summed E-state index contributed by atoms with van der Waals surface area (Å²) in [6.07, 6.45) is 0. The van der Waals surface area contributed by atoms with Crippen LogP contribution >= 0.6 is 22.9 Å². The van der Waals surface area contributed by atoms with Gasteiger partial charge in [0.1, 0.15) is 0 Å². The Morgan fingerprint density at radius 3 is 2.59 bits per heavy atom. The standard InChI is InChI=1S/C17H15ClN4O3S2/c1-10-7-8-11(2)14(9-10)22-27(24,25)17-21-20-16(26-17)19-15(23)12-5-3-4-6-13(12)18/h3-9,22H,1-2H3,(H,19,20,23). The molecule has 0 saturated heterocycles. The minimum absolute atomic E-state index is 0.0567. The van der Waals surface area contributed by atoms with Crippen LogP contribution in [0.3, 0.4) is 0 Å². The van der Waals surface area contributed by atoms with Crippen molar-refractivity contribution in [3.63, 3.8) is 0 Å². The third-order valence-corrected chi connectivity index (χ3v) is 6.51. The molecule has 0 radical (unpaired) electrons. The summed E-state index contributed by atoms with van der Waals surface area (Å²) in [5, 5.41) is 10.3. The molecule has 10 heteroatoms. The first-order chi connectivity index (χ1) is 12.8. The van der Waals surface area contributed by atoms with E-state index in [-0.39, 0.29) is 20.1 Å². The Hall–Kier alpha value is -2.49. The average molecular weight is 423 g/mol. The monoisotopic (exact) mass is 422 g/mol. The van der Waals surface area contributed by atoms with E-state index in [9.17, 15) is 13.2 Å². The first kappa shape index (κ1) is 19.3. The molecule has 1 amide bonds. The Kier molecular flexibility index (Phi) is 5.45. The number of halogens is 1. The number of nitrogens with zero attached hydrogens (tertiary/aromatic N) is 2. The minimum atomic E-state index is -3.92. The zero-order chi connectivity index (χ0) is 19.6. The highest BCUT2D eigenvalue weighted by atomic mass is 35.5. The van der Waals surface area contributed by atoms with Gasteiger partial charge in [0.15, 0.2) is 0 Å². The van der Waals surface area contributed by atoms with Crippen LogP contribution in [0.5, 0.6) is 0 Å². The molecular weight excluding hydrogens is 408 g/mol. The molecule has 0 saturated carbocycles. The van der Waals surface area contributed by atoms with E-state index >= 15 is 0 Å². The lowest BCUT2D eigenvalue weighted by Crippen LogP contribution is -2.13. The lowest BCUT2D eigenvalue weighted by atomic mass is 10.1. The maximum absolute atomic E-state index is 12.6. The fraction of sp³-hybridized carbons (Fsp3) is 0.118. The van der Waals surface area contributed by atoms with Gasteiger partial charge in [-0.05, 0) is 43.2 Å². The Morgan fingerprint density at radius 1 is 1.11 bits per heavy atom. The molecule has 0 aliphatic rings. The van der Waals surface area contributed by atoms with Crippen molar-refractivity contribution in [3.05, 3.63) is 64.2 Å². The highest BCUT2D eigenvalue weighted by molar-refractivity contribution is 7.94. The number of carbonyl (C=O) groups excluding carboxylic acids is 1. The number of aryl methyl sites for hydroxylation is 2. The highest BCUT2D eigenvalue weighted by Crippen LogP contribution is 2.25. The Balaban J connectivity index is 1.79. The Bertz CT molecular complexity index is 1110. The first-order valence-electron chi connectivity index (χ1n) is 7.76. The van der Waals surface area contributed by atoms with E-state index in [1.165, 1.54) is 0 Å². The molecule has 2 aromatic carbocycles. The predicted octanol–water partition coefficient (Wildman–Crippen LogP) is 3.86. The van der Waals surface area contributed by atoms with Gasteiger partial charge in [-0.1, -0.05) is 47.2 Å². The van der Waals surface area contributed by atoms with Gasteiger partial charge in [0.05, 0.1) is 16.3 Å². The van der Waals surface area contributed by atoms with Crippen molar-refractivity contribution in [1.29, 1.82) is 0 Å². The summed E-state index contributed by atoms with van der Waals surface area (Å²) in [6, 6.07) is 12.0. The van der Waals surface area contributed by atoms with E-state index in [4.69, 9.17) is 11.6 Å². The molecule has 0 spiro atoms. The predicted molar refractivity (Wildman–Crippen MR) is 106 cm³/mol. The molecule has 0 aliphatic carbocycles. The van der Waals surface area contributed by atoms with Gasteiger partial charge in [-0.3, -0.25) is 14.8 Å². The number of rotatable bonds is 5. The summed E-state index contributed by atoms with van der Waals surface area (Å²) in [4.78, 5) is 12.2. The van der Waals surface area contributed by atoms with Crippen LogP contribution in [0.4, 0.5) is 10.8 Å². The third kappa shape index (κ3) is 4.44. The summed E-state index contributed by atoms with van der Waals surface area (Å²) < 4.78 is 27.3. The molecule has 0 bridgehead atoms. The highest BCUT2D eigenvalue weighted by Gasteiger charge is 2.22. The summed E-state index contributed by atoms with van der Waals surface area (Å²) in [7, 11) is -3.92. The number of anilines is 2. The molecule has 2 N–H and O–H groups in total. The van der Waals surface area contributed by atoms with Crippen molar-refractivity contribution in [2.24, 2.45) is 0 Å². The number of amides is 1. The fourth-order valence-electron chi connectivity index (χ4n) is 2.21. The van der Waals surface area contributed by atoms with E-state index in [1.807, 2.05) is 19.1 Å². The maximum Gasteiger partial charge on any atom is 0.291 e. The summed E-state index contributed by atoms with van der Waals surface area (Å²) in [6.45, 7) is 3.66. The van der Waals surface area contributed by atoms with Gasteiger partial charge in [0.25, 0.3) is 20.3 Å². The van der Waals surface area contributed by atoms with Crippen molar-refractivity contribution < 1.29 is 13.2 Å². The van der Waals surface area contributed by atoms with Crippen LogP contribution in [0.25, 0.3) is 0 Å². The van der Waals surface area contributed by atoms with E-state index in [0.717, 1.165) is 22.5 Å². The van der Waals surface area contributed by atoms with Crippen LogP contribution in [0.1, 0.15) is 21.5 Å². The van der Waals surface area contributed by atoms with Crippen molar-refractivity contribution in [1.82, 2.24) is 10.2 Å². The number of benzene rings is 2. The molecule has 1 heterocycles. The van der Waals surface area contributed by atoms with E-state index in [2.05, 4.69) is 20.2 Å². The number of sulfonamides is 1. The number of aromatic nitrogens is 2. The molecule has 3 aromatic rings. The number of hydrogen-bond acceptors (Lipinski definition) is 6. The number of carbonyl (C=O) groups is 1. The maximum atomic E-state index is 12.6. The zero-order valence-electron chi connectivity index (χ0n) is 14.4. The van der Waals surface area contributed by atoms with Crippen LogP contribution < -0.4 is 10.0 Å². The topological polar surface area (TPSA) is 101 Å². The molecule has 27 heavy (non-hydrogen) atoms. The molecule has 3 rings (SSSR count). The molecule has 1 aromatic heterocycles. The van der Waals surface area contributed by atoms with Crippen LogP contribution in [0, 0.1) is 13.8 Å². The molecule has 140 valence electrons. The summed E-state index contributed by atoms with van der Waals surface area (Å²) in [5.41, 5.74) is 2.42. The lowest BCUT2D eigenvalue weighted by Gasteiger charge is -2.09. The van der Waals surface area contributed by atoms with Gasteiger partial charge in [0.2, 0.25) is 5.13 Å². The quantitative estimate of drug-likeness (QED) is 0.608. The lowest BCUT2D eigenvalue weighted by molar-refractivity contribution is 0.102. The third-order valence-electron chi connectivity index (χ3n) is 3.61. The van der Waals surface area contributed by atoms with Gasteiger partial charge in [-0.15, -0.1) is 10.2 Å². The largest absolute Gasteiger partial charge is 0.296 e. The summed E-state index contributed by atoms with van der Waals surface area (Å²) >= 11 is 6.73. The number of hydrogen-bond donors (Lipinski definition) is 2. The van der Waals surface area contributed by atoms with Gasteiger partial charge >= 0.3 is 0 Å². The summed E-state index contributed by atoms with van der Waals surface area (Å²) in [5.74, 6) is -0.497. The fourth-order valence-corrected chi connectivity index (χ4v) is 4.45. The normalized spacial score (nSPS) is 11.2. The van der Waals surface area contributed by atoms with Gasteiger partial charge in [0, 0.05) is 0 Å². The van der Waals surface area contributed by atoms with Crippen molar-refractivity contribution >= 4 is 49.7 Å². The SMILES string of the molecule is Cc1ccc(C)c(NS(=O)(=O)c2nnc(NC(=O)c3ccccc3Cl)s2)c1. The van der Waals surface area contributed by atoms with Crippen LogP contribution in [-0.4, -0.2) is 24.5 Å². The molecule has 0 atom stereocenters. The Labute approximate surface area is 165 Å². The van der Waals surface area contributed by atoms with E-state index < -0.39 is 15.9 Å². The van der Waals surface area contributed by atoms with Gasteiger partial charge in [-0.2, -0.15) is 8.42 Å². The van der Waals surface area contributed by atoms with Crippen LogP contribution in [0.15, 0.2) is 46.8 Å². The second-order valence-electron chi connectivity index (χ2n) is 5.73. The molecule has 7 nitrogen and oxygen atoms in total. The molecule has 0 aliphatic heterocycles. The smallest absolute Gasteiger partial charge is 0.291 e.